The van der Waals surface area contributed by atoms with Crippen molar-refractivity contribution >= 4 is 23.2 Å². The molecule has 128 valence electrons. The average molecular weight is 342 g/mol. The van der Waals surface area contributed by atoms with Gasteiger partial charge in [-0.25, -0.2) is 13.7 Å². The number of anilines is 2. The Hall–Kier alpha value is -3.02. The van der Waals surface area contributed by atoms with E-state index in [0.717, 1.165) is 34.2 Å². The van der Waals surface area contributed by atoms with Crippen LogP contribution in [-0.2, 0) is 9.59 Å². The number of benzene rings is 2. The number of amides is 2. The molecule has 0 atom stereocenters. The highest BCUT2D eigenvalue weighted by Gasteiger charge is 2.33. The maximum Gasteiger partial charge on any atom is 0.281 e. The van der Waals surface area contributed by atoms with E-state index >= 15 is 0 Å². The zero-order valence-corrected chi connectivity index (χ0v) is 14.0. The number of rotatable bonds is 3. The number of imide groups is 1. The number of nitrogens with one attached hydrogen (secondary N) is 1. The predicted molar refractivity (Wildman–Crippen MR) is 91.2 cm³/mol. The SMILES string of the molecule is Cc1ccc(N2C(=O)C=C(Nc3cc(F)c(C)c(F)c3)C2=O)c(C)c1. The molecule has 0 saturated carbocycles. The second-order valence-electron chi connectivity index (χ2n) is 6.02. The average Bonchev–Trinajstić information content (AvgIpc) is 2.80. The zero-order chi connectivity index (χ0) is 18.3. The van der Waals surface area contributed by atoms with E-state index in [1.165, 1.54) is 6.92 Å². The fraction of sp³-hybridized carbons (Fsp3) is 0.158. The molecule has 1 N–H and O–H groups in total. The van der Waals surface area contributed by atoms with E-state index in [0.29, 0.717) is 5.69 Å². The standard InChI is InChI=1S/C19H16F2N2O2/c1-10-4-5-17(11(2)6-10)23-18(24)9-16(19(23)25)22-13-7-14(20)12(3)15(21)8-13/h4-9,22H,1-3H3. The van der Waals surface area contributed by atoms with Crippen molar-refractivity contribution in [2.75, 3.05) is 10.2 Å². The Bertz CT molecular complexity index is 912. The van der Waals surface area contributed by atoms with Crippen LogP contribution >= 0.6 is 0 Å². The van der Waals surface area contributed by atoms with Crippen LogP contribution in [0.2, 0.25) is 0 Å². The van der Waals surface area contributed by atoms with Gasteiger partial charge in [-0.15, -0.1) is 0 Å². The van der Waals surface area contributed by atoms with Crippen molar-refractivity contribution in [2.24, 2.45) is 0 Å². The number of halogens is 2. The first-order valence-corrected chi connectivity index (χ1v) is 7.68. The smallest absolute Gasteiger partial charge is 0.281 e. The number of aryl methyl sites for hydroxylation is 2. The summed E-state index contributed by atoms with van der Waals surface area (Å²) >= 11 is 0. The first kappa shape index (κ1) is 16.8. The molecular weight excluding hydrogens is 326 g/mol. The molecule has 1 heterocycles. The molecule has 2 aromatic carbocycles. The van der Waals surface area contributed by atoms with Gasteiger partial charge in [-0.1, -0.05) is 17.7 Å². The molecule has 3 rings (SSSR count). The molecule has 0 radical (unpaired) electrons. The molecule has 0 unspecified atom stereocenters. The molecule has 25 heavy (non-hydrogen) atoms. The summed E-state index contributed by atoms with van der Waals surface area (Å²) in [7, 11) is 0. The van der Waals surface area contributed by atoms with Crippen LogP contribution in [-0.4, -0.2) is 11.8 Å². The van der Waals surface area contributed by atoms with Gasteiger partial charge in [-0.3, -0.25) is 9.59 Å². The van der Waals surface area contributed by atoms with Crippen molar-refractivity contribution in [1.82, 2.24) is 0 Å². The number of carbonyl (C=O) groups excluding carboxylic acids is 2. The maximum atomic E-state index is 13.7. The predicted octanol–water partition coefficient (Wildman–Crippen LogP) is 3.76. The number of hydrogen-bond donors (Lipinski definition) is 1. The highest BCUT2D eigenvalue weighted by molar-refractivity contribution is 6.31. The number of nitrogens with zero attached hydrogens (tertiary/aromatic N) is 1. The van der Waals surface area contributed by atoms with Crippen LogP contribution in [0.25, 0.3) is 0 Å². The van der Waals surface area contributed by atoms with E-state index in [-0.39, 0.29) is 16.9 Å². The molecule has 2 amide bonds. The van der Waals surface area contributed by atoms with E-state index in [4.69, 9.17) is 0 Å². The molecule has 4 nitrogen and oxygen atoms in total. The lowest BCUT2D eigenvalue weighted by atomic mass is 10.1. The lowest BCUT2D eigenvalue weighted by Gasteiger charge is -2.18. The minimum Gasteiger partial charge on any atom is -0.351 e. The van der Waals surface area contributed by atoms with Crippen LogP contribution in [0, 0.1) is 32.4 Å². The van der Waals surface area contributed by atoms with Crippen LogP contribution in [0.4, 0.5) is 20.2 Å². The molecule has 0 fully saturated rings. The third kappa shape index (κ3) is 3.03. The fourth-order valence-electron chi connectivity index (χ4n) is 2.72. The van der Waals surface area contributed by atoms with Crippen LogP contribution in [0.3, 0.4) is 0 Å². The molecule has 1 aliphatic rings. The molecule has 0 aliphatic carbocycles. The van der Waals surface area contributed by atoms with Gasteiger partial charge in [0.1, 0.15) is 17.3 Å². The summed E-state index contributed by atoms with van der Waals surface area (Å²) in [5.41, 5.74) is 2.20. The summed E-state index contributed by atoms with van der Waals surface area (Å²) in [6.45, 7) is 5.04. The van der Waals surface area contributed by atoms with Gasteiger partial charge in [-0.2, -0.15) is 0 Å². The van der Waals surface area contributed by atoms with Gasteiger partial charge in [0.25, 0.3) is 11.8 Å². The maximum absolute atomic E-state index is 13.7. The third-order valence-corrected chi connectivity index (χ3v) is 4.07. The normalized spacial score (nSPS) is 14.1. The van der Waals surface area contributed by atoms with Crippen molar-refractivity contribution in [3.63, 3.8) is 0 Å². The van der Waals surface area contributed by atoms with Crippen LogP contribution in [0.5, 0.6) is 0 Å². The molecule has 6 heteroatoms. The van der Waals surface area contributed by atoms with Gasteiger partial charge in [0.15, 0.2) is 0 Å². The molecule has 2 aromatic rings. The number of hydrogen-bond acceptors (Lipinski definition) is 3. The second-order valence-corrected chi connectivity index (χ2v) is 6.02. The van der Waals surface area contributed by atoms with Gasteiger partial charge in [-0.05, 0) is 44.5 Å². The van der Waals surface area contributed by atoms with Gasteiger partial charge in [0, 0.05) is 17.3 Å². The van der Waals surface area contributed by atoms with Gasteiger partial charge in [0.2, 0.25) is 0 Å². The Morgan fingerprint density at radius 3 is 2.20 bits per heavy atom. The molecular formula is C19H16F2N2O2. The fourth-order valence-corrected chi connectivity index (χ4v) is 2.72. The van der Waals surface area contributed by atoms with E-state index in [9.17, 15) is 18.4 Å². The first-order chi connectivity index (χ1) is 11.8. The van der Waals surface area contributed by atoms with Crippen LogP contribution in [0.15, 0.2) is 42.1 Å². The summed E-state index contributed by atoms with van der Waals surface area (Å²) in [5, 5.41) is 2.63. The first-order valence-electron chi connectivity index (χ1n) is 7.68. The minimum atomic E-state index is -0.730. The quantitative estimate of drug-likeness (QED) is 0.864. The Morgan fingerprint density at radius 2 is 1.60 bits per heavy atom. The van der Waals surface area contributed by atoms with Gasteiger partial charge < -0.3 is 5.32 Å². The van der Waals surface area contributed by atoms with Crippen LogP contribution < -0.4 is 10.2 Å². The lowest BCUT2D eigenvalue weighted by Crippen LogP contribution is -2.32. The molecule has 0 spiro atoms. The van der Waals surface area contributed by atoms with Crippen LogP contribution in [0.1, 0.15) is 16.7 Å². The van der Waals surface area contributed by atoms with Crippen molar-refractivity contribution < 1.29 is 18.4 Å². The molecule has 0 bridgehead atoms. The highest BCUT2D eigenvalue weighted by atomic mass is 19.1. The van der Waals surface area contributed by atoms with Gasteiger partial charge >= 0.3 is 0 Å². The van der Waals surface area contributed by atoms with Crippen molar-refractivity contribution in [3.8, 4) is 0 Å². The lowest BCUT2D eigenvalue weighted by molar-refractivity contribution is -0.120. The number of carbonyl (C=O) groups is 2. The Kier molecular flexibility index (Phi) is 4.12. The Labute approximate surface area is 143 Å². The monoisotopic (exact) mass is 342 g/mol. The van der Waals surface area contributed by atoms with Crippen molar-refractivity contribution in [3.05, 3.63) is 70.4 Å². The largest absolute Gasteiger partial charge is 0.351 e. The van der Waals surface area contributed by atoms with E-state index in [1.807, 2.05) is 13.0 Å². The molecule has 0 saturated heterocycles. The Balaban J connectivity index is 1.89. The summed E-state index contributed by atoms with van der Waals surface area (Å²) in [4.78, 5) is 25.9. The topological polar surface area (TPSA) is 49.4 Å². The summed E-state index contributed by atoms with van der Waals surface area (Å²) in [5.74, 6) is -2.54. The van der Waals surface area contributed by atoms with Crippen molar-refractivity contribution in [1.29, 1.82) is 0 Å². The minimum absolute atomic E-state index is 0.0346. The van der Waals surface area contributed by atoms with E-state index in [2.05, 4.69) is 5.32 Å². The van der Waals surface area contributed by atoms with E-state index in [1.54, 1.807) is 19.1 Å². The third-order valence-electron chi connectivity index (χ3n) is 4.07. The molecule has 1 aliphatic heterocycles. The molecule has 0 aromatic heterocycles. The van der Waals surface area contributed by atoms with E-state index < -0.39 is 23.4 Å². The van der Waals surface area contributed by atoms with Crippen molar-refractivity contribution in [2.45, 2.75) is 20.8 Å². The highest BCUT2D eigenvalue weighted by Crippen LogP contribution is 2.28. The Morgan fingerprint density at radius 1 is 0.960 bits per heavy atom. The summed E-state index contributed by atoms with van der Waals surface area (Å²) < 4.78 is 27.3. The summed E-state index contributed by atoms with van der Waals surface area (Å²) in [6.07, 6.45) is 1.12. The zero-order valence-electron chi connectivity index (χ0n) is 14.0. The second kappa shape index (κ2) is 6.12. The van der Waals surface area contributed by atoms with Gasteiger partial charge in [0.05, 0.1) is 5.69 Å². The summed E-state index contributed by atoms with van der Waals surface area (Å²) in [6, 6.07) is 7.53.